The molecule has 1 rings (SSSR count). The van der Waals surface area contributed by atoms with E-state index in [1.807, 2.05) is 13.8 Å². The zero-order valence-electron chi connectivity index (χ0n) is 8.05. The summed E-state index contributed by atoms with van der Waals surface area (Å²) < 4.78 is 5.50. The first-order valence-corrected chi connectivity index (χ1v) is 5.16. The highest BCUT2D eigenvalue weighted by Gasteiger charge is 2.32. The minimum Gasteiger partial charge on any atom is -0.373 e. The van der Waals surface area contributed by atoms with Crippen LogP contribution in [0.4, 0.5) is 0 Å². The van der Waals surface area contributed by atoms with Gasteiger partial charge >= 0.3 is 0 Å². The number of hydrogen-bond acceptors (Lipinski definition) is 2. The van der Waals surface area contributed by atoms with E-state index >= 15 is 0 Å². The van der Waals surface area contributed by atoms with E-state index in [9.17, 15) is 4.79 Å². The molecule has 3 nitrogen and oxygen atoms in total. The van der Waals surface area contributed by atoms with Crippen molar-refractivity contribution in [1.29, 1.82) is 0 Å². The van der Waals surface area contributed by atoms with Crippen molar-refractivity contribution >= 4 is 17.5 Å². The van der Waals surface area contributed by atoms with Gasteiger partial charge in [-0.2, -0.15) is 0 Å². The van der Waals surface area contributed by atoms with E-state index in [1.165, 1.54) is 0 Å². The van der Waals surface area contributed by atoms with Gasteiger partial charge in [-0.1, -0.05) is 0 Å². The Bertz CT molecular complexity index is 186. The number of hydrogen-bond donors (Lipinski definition) is 1. The predicted molar refractivity (Wildman–Crippen MR) is 51.9 cm³/mol. The lowest BCUT2D eigenvalue weighted by Gasteiger charge is -2.16. The predicted octanol–water partition coefficient (Wildman–Crippen LogP) is 1.30. The summed E-state index contributed by atoms with van der Waals surface area (Å²) in [7, 11) is 0. The highest BCUT2D eigenvalue weighted by atomic mass is 35.5. The Morgan fingerprint density at radius 2 is 2.38 bits per heavy atom. The fourth-order valence-electron chi connectivity index (χ4n) is 1.49. The van der Waals surface area contributed by atoms with Crippen molar-refractivity contribution in [2.45, 2.75) is 44.3 Å². The molecular weight excluding hydrogens is 190 g/mol. The summed E-state index contributed by atoms with van der Waals surface area (Å²) in [4.78, 5) is 11.3. The topological polar surface area (TPSA) is 38.3 Å². The highest BCUT2D eigenvalue weighted by Crippen LogP contribution is 2.24. The number of amides is 1. The summed E-state index contributed by atoms with van der Waals surface area (Å²) >= 11 is 5.94. The van der Waals surface area contributed by atoms with E-state index in [0.29, 0.717) is 6.54 Å². The van der Waals surface area contributed by atoms with E-state index < -0.39 is 5.38 Å². The van der Waals surface area contributed by atoms with Crippen molar-refractivity contribution in [3.8, 4) is 0 Å². The summed E-state index contributed by atoms with van der Waals surface area (Å²) in [6.07, 6.45) is 2.00. The maximum atomic E-state index is 11.3. The first kappa shape index (κ1) is 10.8. The van der Waals surface area contributed by atoms with Gasteiger partial charge in [-0.3, -0.25) is 4.79 Å². The van der Waals surface area contributed by atoms with Crippen LogP contribution in [0.2, 0.25) is 0 Å². The van der Waals surface area contributed by atoms with Gasteiger partial charge in [0.05, 0.1) is 12.2 Å². The van der Waals surface area contributed by atoms with Gasteiger partial charge in [0.25, 0.3) is 0 Å². The van der Waals surface area contributed by atoms with Gasteiger partial charge in [0.2, 0.25) is 5.91 Å². The first-order chi connectivity index (χ1) is 6.15. The van der Waals surface area contributed by atoms with Gasteiger partial charge < -0.3 is 10.1 Å². The van der Waals surface area contributed by atoms with Crippen molar-refractivity contribution < 1.29 is 9.53 Å². The maximum Gasteiger partial charge on any atom is 0.240 e. The lowest BCUT2D eigenvalue weighted by atomic mass is 10.1. The third-order valence-electron chi connectivity index (χ3n) is 2.19. The van der Waals surface area contributed by atoms with E-state index in [-0.39, 0.29) is 18.1 Å². The van der Waals surface area contributed by atoms with E-state index in [0.717, 1.165) is 12.8 Å². The smallest absolute Gasteiger partial charge is 0.240 e. The Hall–Kier alpha value is -0.280. The van der Waals surface area contributed by atoms with Crippen LogP contribution in [0.3, 0.4) is 0 Å². The second-order valence-electron chi connectivity index (χ2n) is 3.36. The lowest BCUT2D eigenvalue weighted by Crippen LogP contribution is -2.38. The van der Waals surface area contributed by atoms with E-state index in [2.05, 4.69) is 5.32 Å². The summed E-state index contributed by atoms with van der Waals surface area (Å²) in [5.74, 6) is -0.122. The van der Waals surface area contributed by atoms with Crippen LogP contribution in [0.5, 0.6) is 0 Å². The van der Waals surface area contributed by atoms with Gasteiger partial charge in [0.15, 0.2) is 0 Å². The Labute approximate surface area is 83.8 Å². The fraction of sp³-hybridized carbons (Fsp3) is 0.889. The molecule has 0 bridgehead atoms. The minimum atomic E-state index is -0.537. The van der Waals surface area contributed by atoms with Crippen molar-refractivity contribution in [2.75, 3.05) is 6.54 Å². The van der Waals surface area contributed by atoms with Crippen LogP contribution in [-0.4, -0.2) is 30.0 Å². The molecule has 0 saturated carbocycles. The molecule has 76 valence electrons. The van der Waals surface area contributed by atoms with Crippen LogP contribution in [-0.2, 0) is 9.53 Å². The largest absolute Gasteiger partial charge is 0.373 e. The number of halogens is 1. The molecule has 0 aromatic rings. The SMILES string of the molecule is CCNC(=O)C(Cl)C1CCC(C)O1. The van der Waals surface area contributed by atoms with Crippen molar-refractivity contribution in [1.82, 2.24) is 5.32 Å². The number of ether oxygens (including phenoxy) is 1. The molecule has 3 atom stereocenters. The molecule has 1 amide bonds. The normalized spacial score (nSPS) is 30.1. The Kier molecular flexibility index (Phi) is 4.00. The number of carbonyl (C=O) groups is 1. The van der Waals surface area contributed by atoms with Gasteiger partial charge in [-0.15, -0.1) is 11.6 Å². The Balaban J connectivity index is 2.38. The summed E-state index contributed by atoms with van der Waals surface area (Å²) in [5, 5.41) is 2.15. The number of nitrogens with one attached hydrogen (secondary N) is 1. The highest BCUT2D eigenvalue weighted by molar-refractivity contribution is 6.31. The van der Waals surface area contributed by atoms with Crippen LogP contribution >= 0.6 is 11.6 Å². The van der Waals surface area contributed by atoms with E-state index in [4.69, 9.17) is 16.3 Å². The zero-order chi connectivity index (χ0) is 9.84. The third kappa shape index (κ3) is 2.85. The number of alkyl halides is 1. The lowest BCUT2D eigenvalue weighted by molar-refractivity contribution is -0.123. The molecule has 1 N–H and O–H groups in total. The summed E-state index contributed by atoms with van der Waals surface area (Å²) in [6, 6.07) is 0. The Morgan fingerprint density at radius 3 is 2.85 bits per heavy atom. The minimum absolute atomic E-state index is 0.108. The average Bonchev–Trinajstić information content (AvgIpc) is 2.51. The van der Waals surface area contributed by atoms with Crippen molar-refractivity contribution in [3.05, 3.63) is 0 Å². The van der Waals surface area contributed by atoms with Gasteiger partial charge in [-0.05, 0) is 26.7 Å². The number of rotatable bonds is 3. The van der Waals surface area contributed by atoms with Crippen molar-refractivity contribution in [3.63, 3.8) is 0 Å². The maximum absolute atomic E-state index is 11.3. The quantitative estimate of drug-likeness (QED) is 0.706. The van der Waals surface area contributed by atoms with Gasteiger partial charge in [0, 0.05) is 6.54 Å². The van der Waals surface area contributed by atoms with Crippen LogP contribution in [0, 0.1) is 0 Å². The molecule has 3 unspecified atom stereocenters. The van der Waals surface area contributed by atoms with E-state index in [1.54, 1.807) is 0 Å². The van der Waals surface area contributed by atoms with Crippen molar-refractivity contribution in [2.24, 2.45) is 0 Å². The van der Waals surface area contributed by atoms with Crippen LogP contribution in [0.25, 0.3) is 0 Å². The molecule has 1 heterocycles. The second kappa shape index (κ2) is 4.82. The average molecular weight is 206 g/mol. The molecule has 1 aliphatic rings. The third-order valence-corrected chi connectivity index (χ3v) is 2.67. The van der Waals surface area contributed by atoms with Crippen LogP contribution in [0.15, 0.2) is 0 Å². The summed E-state index contributed by atoms with van der Waals surface area (Å²) in [5.41, 5.74) is 0. The van der Waals surface area contributed by atoms with Gasteiger partial charge in [-0.25, -0.2) is 0 Å². The second-order valence-corrected chi connectivity index (χ2v) is 3.83. The molecular formula is C9H16ClNO2. The fourth-order valence-corrected chi connectivity index (χ4v) is 1.75. The molecule has 1 saturated heterocycles. The molecule has 0 spiro atoms. The van der Waals surface area contributed by atoms with Gasteiger partial charge in [0.1, 0.15) is 5.38 Å². The monoisotopic (exact) mass is 205 g/mol. The molecule has 1 fully saturated rings. The molecule has 13 heavy (non-hydrogen) atoms. The van der Waals surface area contributed by atoms with Crippen LogP contribution in [0.1, 0.15) is 26.7 Å². The molecule has 0 aromatic heterocycles. The summed E-state index contributed by atoms with van der Waals surface area (Å²) in [6.45, 7) is 4.49. The number of carbonyl (C=O) groups excluding carboxylic acids is 1. The standard InChI is InChI=1S/C9H16ClNO2/c1-3-11-9(12)8(10)7-5-4-6(2)13-7/h6-8H,3-5H2,1-2H3,(H,11,12). The van der Waals surface area contributed by atoms with Crippen LogP contribution < -0.4 is 5.32 Å². The molecule has 0 aliphatic carbocycles. The Morgan fingerprint density at radius 1 is 1.69 bits per heavy atom. The molecule has 0 aromatic carbocycles. The molecule has 4 heteroatoms. The molecule has 0 radical (unpaired) electrons. The molecule has 1 aliphatic heterocycles. The first-order valence-electron chi connectivity index (χ1n) is 4.72. The zero-order valence-corrected chi connectivity index (χ0v) is 8.80.